The molecule has 1 aromatic carbocycles. The number of carbonyl (C=O) groups excluding carboxylic acids is 2. The molecule has 0 spiro atoms. The predicted octanol–water partition coefficient (Wildman–Crippen LogP) is 1.17. The van der Waals surface area contributed by atoms with E-state index in [0.29, 0.717) is 22.3 Å². The molecular weight excluding hydrogens is 356 g/mol. The summed E-state index contributed by atoms with van der Waals surface area (Å²) in [6.45, 7) is 0.553. The molecule has 138 valence electrons. The van der Waals surface area contributed by atoms with E-state index in [9.17, 15) is 9.59 Å². The maximum atomic E-state index is 13.1. The molecule has 0 aliphatic carbocycles. The second kappa shape index (κ2) is 7.30. The molecule has 2 heterocycles. The largest absolute Gasteiger partial charge is 0.497 e. The SMILES string of the molecule is COc1cccc(-c2sc(N(C)C)nc2C(=O)N2CCOC2C(N)=O)c1. The molecule has 3 rings (SSSR count). The second-order valence-electron chi connectivity index (χ2n) is 5.92. The fourth-order valence-electron chi connectivity index (χ4n) is 2.65. The van der Waals surface area contributed by atoms with Crippen LogP contribution in [-0.4, -0.2) is 62.3 Å². The van der Waals surface area contributed by atoms with Crippen molar-refractivity contribution >= 4 is 28.3 Å². The highest BCUT2D eigenvalue weighted by Crippen LogP contribution is 2.36. The lowest BCUT2D eigenvalue weighted by Crippen LogP contribution is -2.44. The highest BCUT2D eigenvalue weighted by atomic mass is 32.1. The lowest BCUT2D eigenvalue weighted by atomic mass is 10.1. The van der Waals surface area contributed by atoms with Crippen LogP contribution in [0.15, 0.2) is 24.3 Å². The van der Waals surface area contributed by atoms with Gasteiger partial charge in [0, 0.05) is 20.6 Å². The maximum Gasteiger partial charge on any atom is 0.276 e. The van der Waals surface area contributed by atoms with E-state index in [2.05, 4.69) is 4.98 Å². The molecule has 1 fully saturated rings. The summed E-state index contributed by atoms with van der Waals surface area (Å²) in [7, 11) is 5.30. The van der Waals surface area contributed by atoms with Gasteiger partial charge in [-0.1, -0.05) is 23.5 Å². The van der Waals surface area contributed by atoms with Crippen molar-refractivity contribution in [3.63, 3.8) is 0 Å². The van der Waals surface area contributed by atoms with Gasteiger partial charge in [0.2, 0.25) is 6.23 Å². The lowest BCUT2D eigenvalue weighted by Gasteiger charge is -2.20. The predicted molar refractivity (Wildman–Crippen MR) is 98.4 cm³/mol. The van der Waals surface area contributed by atoms with E-state index in [1.54, 1.807) is 7.11 Å². The second-order valence-corrected chi connectivity index (χ2v) is 6.90. The number of thiazole rings is 1. The summed E-state index contributed by atoms with van der Waals surface area (Å²) in [5.41, 5.74) is 6.43. The van der Waals surface area contributed by atoms with Crippen LogP contribution in [0.4, 0.5) is 5.13 Å². The van der Waals surface area contributed by atoms with E-state index in [1.807, 2.05) is 43.3 Å². The van der Waals surface area contributed by atoms with Crippen molar-refractivity contribution in [1.29, 1.82) is 0 Å². The van der Waals surface area contributed by atoms with Gasteiger partial charge < -0.3 is 25.0 Å². The Morgan fingerprint density at radius 1 is 1.42 bits per heavy atom. The van der Waals surface area contributed by atoms with Gasteiger partial charge in [-0.2, -0.15) is 0 Å². The van der Waals surface area contributed by atoms with E-state index in [-0.39, 0.29) is 18.2 Å². The molecule has 2 amide bonds. The number of amides is 2. The van der Waals surface area contributed by atoms with Crippen LogP contribution < -0.4 is 15.4 Å². The molecule has 8 nitrogen and oxygen atoms in total. The van der Waals surface area contributed by atoms with Gasteiger partial charge in [-0.25, -0.2) is 4.98 Å². The Morgan fingerprint density at radius 2 is 2.19 bits per heavy atom. The third-order valence-electron chi connectivity index (χ3n) is 3.93. The van der Waals surface area contributed by atoms with Crippen LogP contribution in [0.25, 0.3) is 10.4 Å². The van der Waals surface area contributed by atoms with Crippen molar-refractivity contribution in [1.82, 2.24) is 9.88 Å². The molecule has 0 saturated carbocycles. The Hall–Kier alpha value is -2.65. The number of benzene rings is 1. The first-order valence-corrected chi connectivity index (χ1v) is 8.78. The Morgan fingerprint density at radius 3 is 2.85 bits per heavy atom. The van der Waals surface area contributed by atoms with Crippen molar-refractivity contribution < 1.29 is 19.1 Å². The molecule has 0 radical (unpaired) electrons. The molecule has 9 heteroatoms. The molecule has 1 aliphatic heterocycles. The molecule has 1 saturated heterocycles. The normalized spacial score (nSPS) is 16.6. The van der Waals surface area contributed by atoms with Gasteiger partial charge in [0.1, 0.15) is 11.4 Å². The summed E-state index contributed by atoms with van der Waals surface area (Å²) in [6.07, 6.45) is -1.06. The maximum absolute atomic E-state index is 13.1. The molecule has 2 N–H and O–H groups in total. The van der Waals surface area contributed by atoms with Gasteiger partial charge in [-0.05, 0) is 17.7 Å². The summed E-state index contributed by atoms with van der Waals surface area (Å²) >= 11 is 1.39. The number of aromatic nitrogens is 1. The number of anilines is 1. The van der Waals surface area contributed by atoms with Gasteiger partial charge in [0.25, 0.3) is 11.8 Å². The third kappa shape index (κ3) is 3.35. The summed E-state index contributed by atoms with van der Waals surface area (Å²) in [5, 5.41) is 0.682. The number of primary amides is 1. The van der Waals surface area contributed by atoms with Crippen LogP contribution in [0, 0.1) is 0 Å². The lowest BCUT2D eigenvalue weighted by molar-refractivity contribution is -0.131. The number of nitrogens with zero attached hydrogens (tertiary/aromatic N) is 3. The highest BCUT2D eigenvalue weighted by molar-refractivity contribution is 7.19. The molecule has 2 aromatic rings. The first-order chi connectivity index (χ1) is 12.4. The number of hydrogen-bond acceptors (Lipinski definition) is 7. The van der Waals surface area contributed by atoms with Gasteiger partial charge >= 0.3 is 0 Å². The minimum atomic E-state index is -1.06. The fraction of sp³-hybridized carbons (Fsp3) is 0.353. The molecule has 1 atom stereocenters. The highest BCUT2D eigenvalue weighted by Gasteiger charge is 2.36. The number of hydrogen-bond donors (Lipinski definition) is 1. The zero-order valence-corrected chi connectivity index (χ0v) is 15.6. The molecule has 1 unspecified atom stereocenters. The zero-order valence-electron chi connectivity index (χ0n) is 14.8. The quantitative estimate of drug-likeness (QED) is 0.841. The van der Waals surface area contributed by atoms with Crippen molar-refractivity contribution in [2.24, 2.45) is 5.73 Å². The Kier molecular flexibility index (Phi) is 5.10. The third-order valence-corrected chi connectivity index (χ3v) is 5.20. The number of ether oxygens (including phenoxy) is 2. The molecule has 26 heavy (non-hydrogen) atoms. The van der Waals surface area contributed by atoms with Crippen molar-refractivity contribution in [2.75, 3.05) is 39.3 Å². The average molecular weight is 376 g/mol. The smallest absolute Gasteiger partial charge is 0.276 e. The first kappa shape index (κ1) is 18.2. The van der Waals surface area contributed by atoms with Crippen molar-refractivity contribution in [3.8, 4) is 16.2 Å². The van der Waals surface area contributed by atoms with Gasteiger partial charge in [0.05, 0.1) is 18.6 Å². The average Bonchev–Trinajstić information content (AvgIpc) is 3.28. The number of nitrogens with two attached hydrogens (primary N) is 1. The van der Waals surface area contributed by atoms with Crippen molar-refractivity contribution in [3.05, 3.63) is 30.0 Å². The zero-order chi connectivity index (χ0) is 18.8. The Labute approximate surface area is 155 Å². The molecule has 1 aliphatic rings. The van der Waals surface area contributed by atoms with Crippen LogP contribution >= 0.6 is 11.3 Å². The van der Waals surface area contributed by atoms with Crippen LogP contribution in [0.3, 0.4) is 0 Å². The fourth-order valence-corrected chi connectivity index (χ4v) is 3.63. The Balaban J connectivity index is 2.05. The van der Waals surface area contributed by atoms with Gasteiger partial charge in [-0.3, -0.25) is 9.59 Å². The summed E-state index contributed by atoms with van der Waals surface area (Å²) in [4.78, 5) is 33.0. The van der Waals surface area contributed by atoms with Gasteiger partial charge in [-0.15, -0.1) is 0 Å². The van der Waals surface area contributed by atoms with E-state index in [1.165, 1.54) is 16.2 Å². The van der Waals surface area contributed by atoms with Gasteiger partial charge in [0.15, 0.2) is 5.13 Å². The van der Waals surface area contributed by atoms with Crippen LogP contribution in [-0.2, 0) is 9.53 Å². The van der Waals surface area contributed by atoms with E-state index in [0.717, 1.165) is 5.56 Å². The van der Waals surface area contributed by atoms with E-state index >= 15 is 0 Å². The van der Waals surface area contributed by atoms with Crippen LogP contribution in [0.1, 0.15) is 10.5 Å². The summed E-state index contributed by atoms with van der Waals surface area (Å²) in [6, 6.07) is 7.41. The topological polar surface area (TPSA) is 98.0 Å². The molecular formula is C17H20N4O4S. The minimum absolute atomic E-state index is 0.262. The summed E-state index contributed by atoms with van der Waals surface area (Å²) in [5.74, 6) is -0.393. The number of carbonyl (C=O) groups is 2. The van der Waals surface area contributed by atoms with Crippen LogP contribution in [0.5, 0.6) is 5.75 Å². The molecule has 1 aromatic heterocycles. The van der Waals surface area contributed by atoms with E-state index < -0.39 is 12.1 Å². The minimum Gasteiger partial charge on any atom is -0.497 e. The van der Waals surface area contributed by atoms with Crippen LogP contribution in [0.2, 0.25) is 0 Å². The Bertz CT molecular complexity index is 836. The number of rotatable bonds is 5. The van der Waals surface area contributed by atoms with Crippen molar-refractivity contribution in [2.45, 2.75) is 6.23 Å². The molecule has 0 bridgehead atoms. The number of methoxy groups -OCH3 is 1. The summed E-state index contributed by atoms with van der Waals surface area (Å²) < 4.78 is 10.6. The monoisotopic (exact) mass is 376 g/mol. The van der Waals surface area contributed by atoms with E-state index in [4.69, 9.17) is 15.2 Å². The first-order valence-electron chi connectivity index (χ1n) is 7.97. The standard InChI is InChI=1S/C17H20N4O4S/c1-20(2)17-19-12(15(23)21-7-8-25-16(21)14(18)22)13(26-17)10-5-4-6-11(9-10)24-3/h4-6,9,16H,7-8H2,1-3H3,(H2,18,22).